The second kappa shape index (κ2) is 7.25. The molecular weight excluding hydrogens is 274 g/mol. The van der Waals surface area contributed by atoms with Crippen LogP contribution in [0.25, 0.3) is 0 Å². The van der Waals surface area contributed by atoms with E-state index >= 15 is 0 Å². The van der Waals surface area contributed by atoms with Crippen LogP contribution in [0.2, 0.25) is 0 Å². The third-order valence-electron chi connectivity index (χ3n) is 4.85. The Morgan fingerprint density at radius 1 is 1.23 bits per heavy atom. The first kappa shape index (κ1) is 15.5. The number of hydrogen-bond donors (Lipinski definition) is 1. The van der Waals surface area contributed by atoms with Gasteiger partial charge in [0.1, 0.15) is 0 Å². The molecule has 2 saturated heterocycles. The molecule has 0 aliphatic carbocycles. The van der Waals surface area contributed by atoms with Crippen molar-refractivity contribution in [2.75, 3.05) is 32.7 Å². The highest BCUT2D eigenvalue weighted by Crippen LogP contribution is 2.20. The van der Waals surface area contributed by atoms with Gasteiger partial charge < -0.3 is 10.2 Å². The molecule has 2 fully saturated rings. The Hall–Kier alpha value is -1.39. The highest BCUT2D eigenvalue weighted by molar-refractivity contribution is 5.94. The van der Waals surface area contributed by atoms with Gasteiger partial charge in [-0.25, -0.2) is 0 Å². The third kappa shape index (κ3) is 3.68. The monoisotopic (exact) mass is 301 g/mol. The van der Waals surface area contributed by atoms with Crippen molar-refractivity contribution in [2.45, 2.75) is 38.8 Å². The molecule has 1 amide bonds. The molecule has 4 nitrogen and oxygen atoms in total. The maximum absolute atomic E-state index is 12.8. The minimum atomic E-state index is 0.203. The number of nitrogens with one attached hydrogen (secondary N) is 1. The molecular formula is C18H27N3O. The second-order valence-corrected chi connectivity index (χ2v) is 6.57. The van der Waals surface area contributed by atoms with Gasteiger partial charge in [0, 0.05) is 50.9 Å². The average molecular weight is 301 g/mol. The summed E-state index contributed by atoms with van der Waals surface area (Å²) in [4.78, 5) is 17.3. The maximum atomic E-state index is 12.8. The lowest BCUT2D eigenvalue weighted by Crippen LogP contribution is -2.43. The van der Waals surface area contributed by atoms with E-state index in [0.717, 1.165) is 57.7 Å². The van der Waals surface area contributed by atoms with E-state index in [-0.39, 0.29) is 5.91 Å². The number of piperidine rings is 1. The van der Waals surface area contributed by atoms with Crippen LogP contribution in [0.1, 0.15) is 42.1 Å². The van der Waals surface area contributed by atoms with Crippen LogP contribution in [0.3, 0.4) is 0 Å². The smallest absolute Gasteiger partial charge is 0.254 e. The third-order valence-corrected chi connectivity index (χ3v) is 4.85. The Morgan fingerprint density at radius 2 is 2.05 bits per heavy atom. The Morgan fingerprint density at radius 3 is 2.82 bits per heavy atom. The number of likely N-dealkylation sites (tertiary alicyclic amines) is 1. The van der Waals surface area contributed by atoms with Crippen molar-refractivity contribution < 1.29 is 4.79 Å². The minimum Gasteiger partial charge on any atom is -0.336 e. The number of amides is 1. The first-order valence-electron chi connectivity index (χ1n) is 8.57. The van der Waals surface area contributed by atoms with Crippen molar-refractivity contribution in [1.29, 1.82) is 0 Å². The van der Waals surface area contributed by atoms with Crippen molar-refractivity contribution in [3.8, 4) is 0 Å². The highest BCUT2D eigenvalue weighted by Gasteiger charge is 2.24. The lowest BCUT2D eigenvalue weighted by molar-refractivity contribution is 0.0635. The molecule has 0 radical (unpaired) electrons. The van der Waals surface area contributed by atoms with Crippen molar-refractivity contribution in [3.05, 3.63) is 35.4 Å². The summed E-state index contributed by atoms with van der Waals surface area (Å²) in [6.45, 7) is 8.30. The number of hydrogen-bond acceptors (Lipinski definition) is 3. The quantitative estimate of drug-likeness (QED) is 0.929. The molecule has 2 aliphatic heterocycles. The zero-order valence-electron chi connectivity index (χ0n) is 13.6. The van der Waals surface area contributed by atoms with Gasteiger partial charge in [-0.2, -0.15) is 0 Å². The lowest BCUT2D eigenvalue weighted by atomic mass is 10.0. The molecule has 22 heavy (non-hydrogen) atoms. The maximum Gasteiger partial charge on any atom is 0.254 e. The normalized spacial score (nSPS) is 23.5. The van der Waals surface area contributed by atoms with Gasteiger partial charge in [0.15, 0.2) is 0 Å². The molecule has 3 rings (SSSR count). The van der Waals surface area contributed by atoms with Gasteiger partial charge in [0.05, 0.1) is 0 Å². The van der Waals surface area contributed by atoms with Gasteiger partial charge in [0.2, 0.25) is 0 Å². The first-order chi connectivity index (χ1) is 10.7. The van der Waals surface area contributed by atoms with Gasteiger partial charge in [-0.05, 0) is 43.9 Å². The largest absolute Gasteiger partial charge is 0.336 e. The summed E-state index contributed by atoms with van der Waals surface area (Å²) in [7, 11) is 0. The molecule has 2 aliphatic rings. The predicted octanol–water partition coefficient (Wildman–Crippen LogP) is 2.11. The van der Waals surface area contributed by atoms with Crippen LogP contribution in [0.15, 0.2) is 24.3 Å². The number of nitrogens with zero attached hydrogens (tertiary/aromatic N) is 2. The second-order valence-electron chi connectivity index (χ2n) is 6.57. The number of carbonyl (C=O) groups is 1. The van der Waals surface area contributed by atoms with Gasteiger partial charge in [0.25, 0.3) is 5.91 Å². The molecule has 0 aromatic heterocycles. The molecule has 1 atom stereocenters. The summed E-state index contributed by atoms with van der Waals surface area (Å²) in [5.41, 5.74) is 2.10. The summed E-state index contributed by atoms with van der Waals surface area (Å²) in [6.07, 6.45) is 3.51. The predicted molar refractivity (Wildman–Crippen MR) is 88.9 cm³/mol. The number of rotatable bonds is 3. The van der Waals surface area contributed by atoms with Crippen LogP contribution in [-0.2, 0) is 6.54 Å². The Balaban J connectivity index is 1.68. The van der Waals surface area contributed by atoms with Crippen LogP contribution in [-0.4, -0.2) is 54.5 Å². The summed E-state index contributed by atoms with van der Waals surface area (Å²) >= 11 is 0. The van der Waals surface area contributed by atoms with E-state index < -0.39 is 0 Å². The van der Waals surface area contributed by atoms with E-state index in [2.05, 4.69) is 29.3 Å². The topological polar surface area (TPSA) is 35.6 Å². The molecule has 1 unspecified atom stereocenters. The van der Waals surface area contributed by atoms with Crippen LogP contribution in [0.4, 0.5) is 0 Å². The molecule has 2 heterocycles. The SMILES string of the molecule is CC1CCCCN1C(=O)c1cccc(CN2CCNCC2)c1. The molecule has 0 saturated carbocycles. The fraction of sp³-hybridized carbons (Fsp3) is 0.611. The summed E-state index contributed by atoms with van der Waals surface area (Å²) in [5, 5.41) is 3.38. The van der Waals surface area contributed by atoms with Gasteiger partial charge >= 0.3 is 0 Å². The standard InChI is InChI=1S/C18H27N3O/c1-15-5-2-3-10-21(15)18(22)17-7-4-6-16(13-17)14-20-11-8-19-9-12-20/h4,6-7,13,15,19H,2-3,5,8-12,14H2,1H3. The van der Waals surface area contributed by atoms with E-state index in [1.54, 1.807) is 0 Å². The van der Waals surface area contributed by atoms with Crippen LogP contribution in [0.5, 0.6) is 0 Å². The molecule has 0 spiro atoms. The van der Waals surface area contributed by atoms with E-state index in [1.165, 1.54) is 12.0 Å². The summed E-state index contributed by atoms with van der Waals surface area (Å²) < 4.78 is 0. The molecule has 1 aromatic rings. The van der Waals surface area contributed by atoms with Gasteiger partial charge in [-0.3, -0.25) is 9.69 Å². The van der Waals surface area contributed by atoms with Crippen LogP contribution < -0.4 is 5.32 Å². The first-order valence-corrected chi connectivity index (χ1v) is 8.57. The Bertz CT molecular complexity index is 511. The Kier molecular flexibility index (Phi) is 5.11. The number of benzene rings is 1. The van der Waals surface area contributed by atoms with Gasteiger partial charge in [-0.15, -0.1) is 0 Å². The van der Waals surface area contributed by atoms with Gasteiger partial charge in [-0.1, -0.05) is 12.1 Å². The molecule has 1 aromatic carbocycles. The van der Waals surface area contributed by atoms with E-state index in [0.29, 0.717) is 6.04 Å². The average Bonchev–Trinajstić information content (AvgIpc) is 2.56. The summed E-state index contributed by atoms with van der Waals surface area (Å²) in [6, 6.07) is 8.59. The van der Waals surface area contributed by atoms with Crippen molar-refractivity contribution in [2.24, 2.45) is 0 Å². The van der Waals surface area contributed by atoms with Crippen molar-refractivity contribution in [3.63, 3.8) is 0 Å². The molecule has 4 heteroatoms. The van der Waals surface area contributed by atoms with Crippen molar-refractivity contribution in [1.82, 2.24) is 15.1 Å². The van der Waals surface area contributed by atoms with E-state index in [4.69, 9.17) is 0 Å². The molecule has 1 N–H and O–H groups in total. The van der Waals surface area contributed by atoms with Crippen molar-refractivity contribution >= 4 is 5.91 Å². The molecule has 120 valence electrons. The minimum absolute atomic E-state index is 0.203. The van der Waals surface area contributed by atoms with E-state index in [1.807, 2.05) is 17.0 Å². The fourth-order valence-corrected chi connectivity index (χ4v) is 3.50. The summed E-state index contributed by atoms with van der Waals surface area (Å²) in [5.74, 6) is 0.203. The highest BCUT2D eigenvalue weighted by atomic mass is 16.2. The fourth-order valence-electron chi connectivity index (χ4n) is 3.50. The number of piperazine rings is 1. The number of carbonyl (C=O) groups excluding carboxylic acids is 1. The zero-order chi connectivity index (χ0) is 15.4. The zero-order valence-corrected chi connectivity index (χ0v) is 13.6. The van der Waals surface area contributed by atoms with E-state index in [9.17, 15) is 4.79 Å². The molecule has 0 bridgehead atoms. The lowest BCUT2D eigenvalue weighted by Gasteiger charge is -2.33. The van der Waals surface area contributed by atoms with Crippen LogP contribution in [0, 0.1) is 0 Å². The Labute approximate surface area is 133 Å². The van der Waals surface area contributed by atoms with Crippen LogP contribution >= 0.6 is 0 Å².